The Morgan fingerprint density at radius 2 is 1.50 bits per heavy atom. The number of rotatable bonds is 14. The lowest BCUT2D eigenvalue weighted by Gasteiger charge is -2.34. The van der Waals surface area contributed by atoms with Gasteiger partial charge in [-0.1, -0.05) is 77.8 Å². The van der Waals surface area contributed by atoms with Gasteiger partial charge in [0.1, 0.15) is 12.6 Å². The second kappa shape index (κ2) is 15.8. The minimum absolute atomic E-state index is 0.0808. The Bertz CT molecular complexity index is 1760. The lowest BCUT2D eigenvalue weighted by Crippen LogP contribution is -2.53. The molecule has 0 saturated carbocycles. The van der Waals surface area contributed by atoms with Crippen LogP contribution in [0.4, 0.5) is 5.69 Å². The molecule has 1 atom stereocenters. The molecule has 4 aromatic rings. The minimum atomic E-state index is -4.34. The number of sulfonamides is 1. The van der Waals surface area contributed by atoms with Gasteiger partial charge in [-0.15, -0.1) is 0 Å². The lowest BCUT2D eigenvalue weighted by atomic mass is 10.0. The van der Waals surface area contributed by atoms with E-state index in [1.807, 2.05) is 30.3 Å². The van der Waals surface area contributed by atoms with E-state index in [9.17, 15) is 18.0 Å². The molecule has 0 heterocycles. The number of ether oxygens (including phenoxy) is 2. The van der Waals surface area contributed by atoms with E-state index in [0.717, 1.165) is 9.87 Å². The standard InChI is InChI=1S/C34H35Cl2N3O6S/c1-4-37-34(41)30(19-24-11-7-5-8-12-24)38(22-25-15-16-26(35)20-29(25)36)33(40)23-39(27-13-9-6-10-14-27)46(42,43)28-17-18-31(44-2)32(21-28)45-3/h5-18,20-21,30H,4,19,22-23H2,1-3H3,(H,37,41)/t30-/m0/s1. The predicted molar refractivity (Wildman–Crippen MR) is 180 cm³/mol. The predicted octanol–water partition coefficient (Wildman–Crippen LogP) is 5.98. The molecule has 242 valence electrons. The maximum absolute atomic E-state index is 14.5. The number of amides is 2. The zero-order valence-electron chi connectivity index (χ0n) is 25.7. The van der Waals surface area contributed by atoms with Crippen molar-refractivity contribution in [3.63, 3.8) is 0 Å². The van der Waals surface area contributed by atoms with Crippen molar-refractivity contribution in [2.45, 2.75) is 30.8 Å². The van der Waals surface area contributed by atoms with Gasteiger partial charge in [0.25, 0.3) is 10.0 Å². The van der Waals surface area contributed by atoms with Crippen LogP contribution in [0.25, 0.3) is 0 Å². The van der Waals surface area contributed by atoms with E-state index in [1.165, 1.54) is 37.3 Å². The maximum Gasteiger partial charge on any atom is 0.264 e. The highest BCUT2D eigenvalue weighted by atomic mass is 35.5. The highest BCUT2D eigenvalue weighted by Crippen LogP contribution is 2.32. The van der Waals surface area contributed by atoms with Crippen LogP contribution in [0.1, 0.15) is 18.1 Å². The lowest BCUT2D eigenvalue weighted by molar-refractivity contribution is -0.140. The van der Waals surface area contributed by atoms with E-state index in [0.29, 0.717) is 27.9 Å². The molecule has 4 rings (SSSR count). The molecule has 4 aromatic carbocycles. The molecule has 0 saturated heterocycles. The molecule has 0 unspecified atom stereocenters. The number of anilines is 1. The third-order valence-corrected chi connectivity index (χ3v) is 9.60. The third-order valence-electron chi connectivity index (χ3n) is 7.24. The maximum atomic E-state index is 14.5. The largest absolute Gasteiger partial charge is 0.493 e. The van der Waals surface area contributed by atoms with E-state index in [-0.39, 0.29) is 29.3 Å². The number of likely N-dealkylation sites (N-methyl/N-ethyl adjacent to an activating group) is 1. The average molecular weight is 685 g/mol. The number of hydrogen-bond donors (Lipinski definition) is 1. The molecule has 0 aliphatic carbocycles. The van der Waals surface area contributed by atoms with Gasteiger partial charge in [0.05, 0.1) is 24.8 Å². The van der Waals surface area contributed by atoms with Crippen LogP contribution in [0.2, 0.25) is 10.0 Å². The first-order valence-corrected chi connectivity index (χ1v) is 16.6. The van der Waals surface area contributed by atoms with Crippen molar-refractivity contribution in [3.8, 4) is 11.5 Å². The first-order chi connectivity index (χ1) is 22.1. The van der Waals surface area contributed by atoms with Gasteiger partial charge in [0.2, 0.25) is 11.8 Å². The van der Waals surface area contributed by atoms with Crippen molar-refractivity contribution >= 4 is 50.7 Å². The summed E-state index contributed by atoms with van der Waals surface area (Å²) < 4.78 is 40.2. The van der Waals surface area contributed by atoms with E-state index in [4.69, 9.17) is 32.7 Å². The molecule has 0 bridgehead atoms. The molecule has 0 aromatic heterocycles. The third kappa shape index (κ3) is 8.31. The first-order valence-electron chi connectivity index (χ1n) is 14.4. The molecule has 0 aliphatic rings. The van der Waals surface area contributed by atoms with Gasteiger partial charge in [-0.05, 0) is 54.4 Å². The van der Waals surface area contributed by atoms with Crippen LogP contribution in [0.15, 0.2) is 102 Å². The number of nitrogens with zero attached hydrogens (tertiary/aromatic N) is 2. The quantitative estimate of drug-likeness (QED) is 0.175. The zero-order valence-corrected chi connectivity index (χ0v) is 28.0. The number of nitrogens with one attached hydrogen (secondary N) is 1. The Hall–Kier alpha value is -4.25. The summed E-state index contributed by atoms with van der Waals surface area (Å²) in [5, 5.41) is 3.54. The fourth-order valence-corrected chi connectivity index (χ4v) is 6.81. The van der Waals surface area contributed by atoms with E-state index in [1.54, 1.807) is 55.5 Å². The van der Waals surface area contributed by atoms with Gasteiger partial charge in [-0.25, -0.2) is 8.42 Å². The summed E-state index contributed by atoms with van der Waals surface area (Å²) in [4.78, 5) is 29.3. The Labute approximate surface area is 279 Å². The smallest absolute Gasteiger partial charge is 0.264 e. The van der Waals surface area contributed by atoms with Crippen molar-refractivity contribution in [2.75, 3.05) is 31.6 Å². The molecular formula is C34H35Cl2N3O6S. The number of halogens is 2. The number of methoxy groups -OCH3 is 2. The Balaban J connectivity index is 1.82. The van der Waals surface area contributed by atoms with Gasteiger partial charge in [-0.2, -0.15) is 0 Å². The fraction of sp³-hybridized carbons (Fsp3) is 0.235. The summed E-state index contributed by atoms with van der Waals surface area (Å²) >= 11 is 12.7. The average Bonchev–Trinajstić information content (AvgIpc) is 3.06. The van der Waals surface area contributed by atoms with Crippen LogP contribution in [0.5, 0.6) is 11.5 Å². The van der Waals surface area contributed by atoms with Crippen LogP contribution in [-0.2, 0) is 32.6 Å². The van der Waals surface area contributed by atoms with Crippen molar-refractivity contribution in [1.29, 1.82) is 0 Å². The van der Waals surface area contributed by atoms with Crippen molar-refractivity contribution < 1.29 is 27.5 Å². The number of benzene rings is 4. The monoisotopic (exact) mass is 683 g/mol. The molecule has 2 amide bonds. The summed E-state index contributed by atoms with van der Waals surface area (Å²) in [5.74, 6) is -0.452. The molecule has 12 heteroatoms. The number of carbonyl (C=O) groups excluding carboxylic acids is 2. The van der Waals surface area contributed by atoms with E-state index < -0.39 is 34.4 Å². The van der Waals surface area contributed by atoms with Crippen LogP contribution in [0, 0.1) is 0 Å². The number of hydrogen-bond acceptors (Lipinski definition) is 6. The van der Waals surface area contributed by atoms with E-state index in [2.05, 4.69) is 5.32 Å². The second-order valence-corrected chi connectivity index (χ2v) is 12.9. The van der Waals surface area contributed by atoms with Gasteiger partial charge in [-0.3, -0.25) is 13.9 Å². The summed E-state index contributed by atoms with van der Waals surface area (Å²) in [6.07, 6.45) is 0.178. The SMILES string of the molecule is CCNC(=O)[C@H](Cc1ccccc1)N(Cc1ccc(Cl)cc1Cl)C(=O)CN(c1ccccc1)S(=O)(=O)c1ccc(OC)c(OC)c1. The molecule has 0 spiro atoms. The summed E-state index contributed by atoms with van der Waals surface area (Å²) in [7, 11) is -1.48. The van der Waals surface area contributed by atoms with Crippen LogP contribution in [-0.4, -0.2) is 58.5 Å². The normalized spacial score (nSPS) is 11.8. The van der Waals surface area contributed by atoms with Crippen LogP contribution in [0.3, 0.4) is 0 Å². The van der Waals surface area contributed by atoms with Gasteiger partial charge < -0.3 is 19.7 Å². The molecule has 0 radical (unpaired) electrons. The summed E-state index contributed by atoms with van der Waals surface area (Å²) in [6, 6.07) is 25.6. The van der Waals surface area contributed by atoms with Crippen LogP contribution < -0.4 is 19.1 Å². The van der Waals surface area contributed by atoms with Crippen molar-refractivity contribution in [2.24, 2.45) is 0 Å². The highest BCUT2D eigenvalue weighted by Gasteiger charge is 2.35. The molecule has 1 N–H and O–H groups in total. The Kier molecular flexibility index (Phi) is 11.9. The van der Waals surface area contributed by atoms with Gasteiger partial charge >= 0.3 is 0 Å². The molecule has 0 aliphatic heterocycles. The highest BCUT2D eigenvalue weighted by molar-refractivity contribution is 7.92. The minimum Gasteiger partial charge on any atom is -0.493 e. The fourth-order valence-electron chi connectivity index (χ4n) is 4.91. The molecule has 46 heavy (non-hydrogen) atoms. The molecule has 9 nitrogen and oxygen atoms in total. The topological polar surface area (TPSA) is 105 Å². The number of para-hydroxylation sites is 1. The van der Waals surface area contributed by atoms with Gasteiger partial charge in [0, 0.05) is 35.6 Å². The number of carbonyl (C=O) groups is 2. The van der Waals surface area contributed by atoms with Crippen molar-refractivity contribution in [3.05, 3.63) is 118 Å². The second-order valence-electron chi connectivity index (χ2n) is 10.2. The summed E-state index contributed by atoms with van der Waals surface area (Å²) in [5.41, 5.74) is 1.61. The molecular weight excluding hydrogens is 649 g/mol. The van der Waals surface area contributed by atoms with Gasteiger partial charge in [0.15, 0.2) is 11.5 Å². The Morgan fingerprint density at radius 1 is 0.848 bits per heavy atom. The molecule has 0 fully saturated rings. The van der Waals surface area contributed by atoms with Crippen molar-refractivity contribution in [1.82, 2.24) is 10.2 Å². The zero-order chi connectivity index (χ0) is 33.3. The van der Waals surface area contributed by atoms with Crippen LogP contribution >= 0.6 is 23.2 Å². The van der Waals surface area contributed by atoms with E-state index >= 15 is 0 Å². The first kappa shape index (κ1) is 34.6. The summed E-state index contributed by atoms with van der Waals surface area (Å²) in [6.45, 7) is 1.42. The Morgan fingerprint density at radius 3 is 2.11 bits per heavy atom.